The van der Waals surface area contributed by atoms with E-state index in [0.29, 0.717) is 10.8 Å². The number of hydrazone groups is 1. The van der Waals surface area contributed by atoms with Crippen molar-refractivity contribution in [3.05, 3.63) is 65.3 Å². The summed E-state index contributed by atoms with van der Waals surface area (Å²) in [7, 11) is 0. The van der Waals surface area contributed by atoms with Gasteiger partial charge in [-0.25, -0.2) is 9.37 Å². The van der Waals surface area contributed by atoms with Crippen LogP contribution in [0.2, 0.25) is 0 Å². The molecule has 22 heavy (non-hydrogen) atoms. The van der Waals surface area contributed by atoms with Gasteiger partial charge in [0.2, 0.25) is 5.13 Å². The number of aromatic nitrogens is 1. The smallest absolute Gasteiger partial charge is 0.203 e. The maximum absolute atomic E-state index is 12.9. The molecule has 2 aromatic carbocycles. The summed E-state index contributed by atoms with van der Waals surface area (Å²) in [6.45, 7) is 0. The Kier molecular flexibility index (Phi) is 4.11. The van der Waals surface area contributed by atoms with Crippen LogP contribution in [0.4, 0.5) is 15.2 Å². The van der Waals surface area contributed by atoms with Gasteiger partial charge in [-0.1, -0.05) is 12.1 Å². The lowest BCUT2D eigenvalue weighted by Gasteiger charge is -1.98. The number of nitrogens with two attached hydrogens (primary N) is 1. The highest BCUT2D eigenvalue weighted by Gasteiger charge is 2.04. The molecule has 4 nitrogen and oxygen atoms in total. The summed E-state index contributed by atoms with van der Waals surface area (Å²) in [4.78, 5) is 4.40. The van der Waals surface area contributed by atoms with Gasteiger partial charge in [0.15, 0.2) is 0 Å². The number of hydrogen-bond acceptors (Lipinski definition) is 5. The van der Waals surface area contributed by atoms with Crippen molar-refractivity contribution in [2.24, 2.45) is 5.10 Å². The van der Waals surface area contributed by atoms with Crippen LogP contribution < -0.4 is 11.2 Å². The average molecular weight is 311 g/mol. The molecule has 1 radical (unpaired) electrons. The first-order chi connectivity index (χ1) is 10.7. The fourth-order valence-corrected chi connectivity index (χ4v) is 2.48. The Bertz CT molecular complexity index is 796. The summed E-state index contributed by atoms with van der Waals surface area (Å²) in [5.74, 6) is -0.264. The van der Waals surface area contributed by atoms with Crippen LogP contribution in [0.25, 0.3) is 11.3 Å². The largest absolute Gasteiger partial charge is 0.398 e. The van der Waals surface area contributed by atoms with Crippen LogP contribution in [-0.2, 0) is 0 Å². The molecule has 0 saturated carbocycles. The van der Waals surface area contributed by atoms with Crippen molar-refractivity contribution in [3.8, 4) is 11.3 Å². The fraction of sp³-hybridized carbons (Fsp3) is 0. The topological polar surface area (TPSA) is 63.3 Å². The number of nitrogens with one attached hydrogen (secondary N) is 1. The summed E-state index contributed by atoms with van der Waals surface area (Å²) in [5.41, 5.74) is 11.7. The Hall–Kier alpha value is -2.73. The molecule has 0 aliphatic carbocycles. The van der Waals surface area contributed by atoms with E-state index < -0.39 is 0 Å². The van der Waals surface area contributed by atoms with Crippen molar-refractivity contribution >= 4 is 28.4 Å². The molecular formula is C16H12FN4S. The summed E-state index contributed by atoms with van der Waals surface area (Å²) < 4.78 is 12.9. The van der Waals surface area contributed by atoms with E-state index in [2.05, 4.69) is 21.6 Å². The maximum atomic E-state index is 12.9. The molecule has 0 aliphatic heterocycles. The van der Waals surface area contributed by atoms with Gasteiger partial charge < -0.3 is 5.73 Å². The molecule has 6 heteroatoms. The molecular weight excluding hydrogens is 299 g/mol. The van der Waals surface area contributed by atoms with E-state index in [1.807, 2.05) is 11.4 Å². The zero-order chi connectivity index (χ0) is 15.4. The van der Waals surface area contributed by atoms with E-state index in [1.165, 1.54) is 23.5 Å². The van der Waals surface area contributed by atoms with Crippen molar-refractivity contribution in [1.29, 1.82) is 0 Å². The third-order valence-corrected chi connectivity index (χ3v) is 3.69. The Morgan fingerprint density at radius 2 is 2.09 bits per heavy atom. The van der Waals surface area contributed by atoms with Crippen LogP contribution in [0, 0.1) is 11.9 Å². The number of nitrogen functional groups attached to an aromatic ring is 1. The van der Waals surface area contributed by atoms with E-state index in [9.17, 15) is 4.39 Å². The Morgan fingerprint density at radius 3 is 2.86 bits per heavy atom. The highest BCUT2D eigenvalue weighted by atomic mass is 32.1. The van der Waals surface area contributed by atoms with Crippen LogP contribution in [-0.4, -0.2) is 11.2 Å². The molecule has 3 rings (SSSR count). The van der Waals surface area contributed by atoms with Crippen molar-refractivity contribution in [3.63, 3.8) is 0 Å². The first kappa shape index (κ1) is 14.2. The number of halogens is 1. The molecule has 0 aliphatic rings. The number of thiazole rings is 1. The second kappa shape index (κ2) is 6.36. The maximum Gasteiger partial charge on any atom is 0.203 e. The van der Waals surface area contributed by atoms with Gasteiger partial charge >= 0.3 is 0 Å². The predicted molar refractivity (Wildman–Crippen MR) is 88.4 cm³/mol. The Balaban J connectivity index is 1.70. The molecule has 0 fully saturated rings. The van der Waals surface area contributed by atoms with Crippen molar-refractivity contribution < 1.29 is 4.39 Å². The Morgan fingerprint density at radius 1 is 1.27 bits per heavy atom. The number of anilines is 2. The van der Waals surface area contributed by atoms with Gasteiger partial charge in [0.25, 0.3) is 0 Å². The summed E-state index contributed by atoms with van der Waals surface area (Å²) in [6.07, 6.45) is 1.63. The lowest BCUT2D eigenvalue weighted by atomic mass is 10.2. The van der Waals surface area contributed by atoms with Gasteiger partial charge in [-0.3, -0.25) is 5.43 Å². The van der Waals surface area contributed by atoms with Crippen LogP contribution in [0.3, 0.4) is 0 Å². The van der Waals surface area contributed by atoms with Crippen molar-refractivity contribution in [1.82, 2.24) is 4.98 Å². The minimum absolute atomic E-state index is 0.264. The number of rotatable bonds is 4. The zero-order valence-electron chi connectivity index (χ0n) is 11.5. The van der Waals surface area contributed by atoms with Gasteiger partial charge in [-0.15, -0.1) is 11.3 Å². The third kappa shape index (κ3) is 3.29. The highest BCUT2D eigenvalue weighted by Crippen LogP contribution is 2.24. The van der Waals surface area contributed by atoms with Crippen LogP contribution in [0.15, 0.2) is 52.9 Å². The predicted octanol–water partition coefficient (Wildman–Crippen LogP) is 3.78. The molecule has 1 aromatic heterocycles. The van der Waals surface area contributed by atoms with Crippen LogP contribution in [0.1, 0.15) is 5.56 Å². The van der Waals surface area contributed by atoms with Gasteiger partial charge in [-0.05, 0) is 36.4 Å². The first-order valence-electron chi connectivity index (χ1n) is 6.48. The molecule has 0 bridgehead atoms. The quantitative estimate of drug-likeness (QED) is 0.438. The van der Waals surface area contributed by atoms with Gasteiger partial charge in [-0.2, -0.15) is 5.10 Å². The highest BCUT2D eigenvalue weighted by molar-refractivity contribution is 7.14. The molecule has 0 spiro atoms. The summed E-state index contributed by atoms with van der Waals surface area (Å²) in [6, 6.07) is 14.4. The van der Waals surface area contributed by atoms with E-state index in [0.717, 1.165) is 16.8 Å². The molecule has 3 aromatic rings. The normalized spacial score (nSPS) is 11.0. The number of hydrogen-bond donors (Lipinski definition) is 2. The van der Waals surface area contributed by atoms with Crippen molar-refractivity contribution in [2.75, 3.05) is 11.2 Å². The van der Waals surface area contributed by atoms with E-state index >= 15 is 0 Å². The van der Waals surface area contributed by atoms with Crippen LogP contribution in [0.5, 0.6) is 0 Å². The van der Waals surface area contributed by atoms with Crippen molar-refractivity contribution in [2.45, 2.75) is 0 Å². The zero-order valence-corrected chi connectivity index (χ0v) is 12.3. The molecule has 109 valence electrons. The minimum Gasteiger partial charge on any atom is -0.398 e. The fourth-order valence-electron chi connectivity index (χ4n) is 1.81. The van der Waals surface area contributed by atoms with Gasteiger partial charge in [0.1, 0.15) is 5.82 Å². The number of benzene rings is 2. The van der Waals surface area contributed by atoms with E-state index in [-0.39, 0.29) is 5.82 Å². The Labute approximate surface area is 131 Å². The molecule has 0 atom stereocenters. The van der Waals surface area contributed by atoms with Gasteiger partial charge in [0, 0.05) is 22.2 Å². The number of nitrogens with zero attached hydrogens (tertiary/aromatic N) is 2. The van der Waals surface area contributed by atoms with E-state index in [1.54, 1.807) is 30.5 Å². The lowest BCUT2D eigenvalue weighted by Crippen LogP contribution is -1.95. The molecule has 0 saturated heterocycles. The van der Waals surface area contributed by atoms with Crippen LogP contribution >= 0.6 is 11.3 Å². The molecule has 1 heterocycles. The SMILES string of the molecule is Nc1c[c]ccc1C=NNc1nc(-c2ccc(F)cc2)cs1. The van der Waals surface area contributed by atoms with E-state index in [4.69, 9.17) is 5.73 Å². The van der Waals surface area contributed by atoms with Gasteiger partial charge in [0.05, 0.1) is 11.9 Å². The third-order valence-electron chi connectivity index (χ3n) is 2.94. The molecule has 3 N–H and O–H groups in total. The average Bonchev–Trinajstić information content (AvgIpc) is 2.99. The standard InChI is InChI=1S/C16H12FN4S/c17-13-7-5-11(6-8-13)15-10-22-16(20-15)21-19-9-12-3-1-2-4-14(12)18/h1,3-10H,18H2,(H,20,21). The summed E-state index contributed by atoms with van der Waals surface area (Å²) in [5, 5.41) is 6.65. The second-order valence-electron chi connectivity index (χ2n) is 4.47. The molecule has 0 amide bonds. The lowest BCUT2D eigenvalue weighted by molar-refractivity contribution is 0.628. The minimum atomic E-state index is -0.264. The summed E-state index contributed by atoms with van der Waals surface area (Å²) >= 11 is 1.42. The second-order valence-corrected chi connectivity index (χ2v) is 5.33. The molecule has 0 unspecified atom stereocenters. The monoisotopic (exact) mass is 311 g/mol. The first-order valence-corrected chi connectivity index (χ1v) is 7.36.